The summed E-state index contributed by atoms with van der Waals surface area (Å²) in [5.41, 5.74) is 0.00644. The van der Waals surface area contributed by atoms with Crippen LogP contribution >= 0.6 is 0 Å². The van der Waals surface area contributed by atoms with Crippen LogP contribution < -0.4 is 5.32 Å². The Kier molecular flexibility index (Phi) is 4.54. The summed E-state index contributed by atoms with van der Waals surface area (Å²) in [6.07, 6.45) is 1.63. The highest BCUT2D eigenvalue weighted by atomic mass is 16.5. The third kappa shape index (κ3) is 3.47. The molecule has 1 heterocycles. The summed E-state index contributed by atoms with van der Waals surface area (Å²) < 4.78 is 10.4. The maximum Gasteiger partial charge on any atom is 0.307 e. The normalized spacial score (nSPS) is 30.5. The van der Waals surface area contributed by atoms with Crippen LogP contribution in [0.1, 0.15) is 33.6 Å². The van der Waals surface area contributed by atoms with Gasteiger partial charge in [0.25, 0.3) is 0 Å². The highest BCUT2D eigenvalue weighted by Crippen LogP contribution is 2.24. The molecule has 0 saturated carbocycles. The van der Waals surface area contributed by atoms with Crippen molar-refractivity contribution in [3.05, 3.63) is 0 Å². The fourth-order valence-corrected chi connectivity index (χ4v) is 1.75. The predicted octanol–water partition coefficient (Wildman–Crippen LogP) is 1.10. The van der Waals surface area contributed by atoms with E-state index in [9.17, 15) is 4.79 Å². The molecule has 4 heteroatoms. The quantitative estimate of drug-likeness (QED) is 0.698. The van der Waals surface area contributed by atoms with E-state index in [-0.39, 0.29) is 17.6 Å². The van der Waals surface area contributed by atoms with Gasteiger partial charge in [-0.3, -0.25) is 4.79 Å². The first-order valence-corrected chi connectivity index (χ1v) is 5.61. The van der Waals surface area contributed by atoms with Crippen LogP contribution in [0.5, 0.6) is 0 Å². The number of ether oxygens (including phenoxy) is 2. The van der Waals surface area contributed by atoms with Crippen molar-refractivity contribution in [2.75, 3.05) is 19.8 Å². The molecule has 2 atom stereocenters. The number of hydrogen-bond acceptors (Lipinski definition) is 4. The van der Waals surface area contributed by atoms with E-state index >= 15 is 0 Å². The van der Waals surface area contributed by atoms with Crippen LogP contribution in [0, 0.1) is 0 Å². The van der Waals surface area contributed by atoms with Gasteiger partial charge in [-0.25, -0.2) is 0 Å². The summed E-state index contributed by atoms with van der Waals surface area (Å²) in [6, 6.07) is 0. The van der Waals surface area contributed by atoms with Crippen molar-refractivity contribution in [2.45, 2.75) is 45.3 Å². The van der Waals surface area contributed by atoms with E-state index in [1.165, 1.54) is 0 Å². The van der Waals surface area contributed by atoms with Gasteiger partial charge in [0.2, 0.25) is 0 Å². The molecule has 1 fully saturated rings. The van der Waals surface area contributed by atoms with Gasteiger partial charge in [-0.15, -0.1) is 0 Å². The maximum atomic E-state index is 11.1. The molecule has 0 amide bonds. The Labute approximate surface area is 91.3 Å². The van der Waals surface area contributed by atoms with Crippen molar-refractivity contribution in [1.29, 1.82) is 0 Å². The lowest BCUT2D eigenvalue weighted by atomic mass is 9.94. The molecule has 1 saturated heterocycles. The first kappa shape index (κ1) is 12.5. The van der Waals surface area contributed by atoms with E-state index in [2.05, 4.69) is 19.2 Å². The van der Waals surface area contributed by atoms with Gasteiger partial charge in [0.05, 0.1) is 19.1 Å². The average Bonchev–Trinajstić information content (AvgIpc) is 2.48. The highest BCUT2D eigenvalue weighted by molar-refractivity contribution is 5.69. The predicted molar refractivity (Wildman–Crippen MR) is 57.7 cm³/mol. The number of hydrogen-bond donors (Lipinski definition) is 1. The van der Waals surface area contributed by atoms with Gasteiger partial charge in [-0.1, -0.05) is 0 Å². The van der Waals surface area contributed by atoms with Crippen molar-refractivity contribution in [3.8, 4) is 0 Å². The molecule has 0 bridgehead atoms. The van der Waals surface area contributed by atoms with E-state index in [1.54, 1.807) is 0 Å². The Morgan fingerprint density at radius 3 is 2.93 bits per heavy atom. The zero-order valence-corrected chi connectivity index (χ0v) is 9.84. The molecular formula is C11H21NO3. The first-order valence-electron chi connectivity index (χ1n) is 5.61. The number of rotatable bonds is 5. The van der Waals surface area contributed by atoms with Crippen LogP contribution in [-0.4, -0.2) is 37.4 Å². The molecule has 1 aliphatic rings. The molecule has 0 unspecified atom stereocenters. The number of carbonyl (C=O) groups excluding carboxylic acids is 1. The lowest BCUT2D eigenvalue weighted by molar-refractivity contribution is -0.143. The lowest BCUT2D eigenvalue weighted by Crippen LogP contribution is -2.48. The second kappa shape index (κ2) is 5.47. The zero-order chi connectivity index (χ0) is 11.3. The maximum absolute atomic E-state index is 11.1. The first-order chi connectivity index (χ1) is 7.08. The largest absolute Gasteiger partial charge is 0.466 e. The Bertz CT molecular complexity index is 220. The molecule has 0 aromatic carbocycles. The Balaban J connectivity index is 2.22. The average molecular weight is 215 g/mol. The monoisotopic (exact) mass is 215 g/mol. The molecule has 0 aromatic rings. The number of esters is 1. The fraction of sp³-hybridized carbons (Fsp3) is 0.909. The lowest BCUT2D eigenvalue weighted by Gasteiger charge is -2.28. The zero-order valence-electron chi connectivity index (χ0n) is 9.84. The molecule has 0 aliphatic carbocycles. The van der Waals surface area contributed by atoms with Gasteiger partial charge in [0, 0.05) is 18.7 Å². The van der Waals surface area contributed by atoms with Crippen molar-refractivity contribution in [3.63, 3.8) is 0 Å². The third-order valence-corrected chi connectivity index (χ3v) is 3.05. The van der Waals surface area contributed by atoms with E-state index in [1.807, 2.05) is 6.92 Å². The summed E-state index contributed by atoms with van der Waals surface area (Å²) in [6.45, 7) is 7.92. The van der Waals surface area contributed by atoms with Gasteiger partial charge in [-0.05, 0) is 27.2 Å². The second-order valence-electron chi connectivity index (χ2n) is 4.16. The van der Waals surface area contributed by atoms with Crippen molar-refractivity contribution in [1.82, 2.24) is 5.32 Å². The summed E-state index contributed by atoms with van der Waals surface area (Å²) in [7, 11) is 0. The minimum atomic E-state index is -0.139. The Morgan fingerprint density at radius 2 is 2.40 bits per heavy atom. The van der Waals surface area contributed by atoms with E-state index in [0.717, 1.165) is 13.0 Å². The van der Waals surface area contributed by atoms with Crippen LogP contribution in [0.3, 0.4) is 0 Å². The van der Waals surface area contributed by atoms with Gasteiger partial charge in [0.15, 0.2) is 0 Å². The summed E-state index contributed by atoms with van der Waals surface area (Å²) in [4.78, 5) is 11.1. The molecule has 88 valence electrons. The van der Waals surface area contributed by atoms with Crippen LogP contribution in [0.2, 0.25) is 0 Å². The molecule has 1 N–H and O–H groups in total. The standard InChI is InChI=1S/C11H21NO3/c1-4-14-10(13)5-7-12-11(3)6-8-15-9(11)2/h9,12H,4-8H2,1-3H3/t9-,11+/m1/s1. The molecule has 0 spiro atoms. The number of carbonyl (C=O) groups is 1. The Morgan fingerprint density at radius 1 is 1.67 bits per heavy atom. The van der Waals surface area contributed by atoms with Gasteiger partial charge in [-0.2, -0.15) is 0 Å². The van der Waals surface area contributed by atoms with Crippen LogP contribution in [-0.2, 0) is 14.3 Å². The van der Waals surface area contributed by atoms with Crippen molar-refractivity contribution < 1.29 is 14.3 Å². The van der Waals surface area contributed by atoms with Gasteiger partial charge >= 0.3 is 5.97 Å². The van der Waals surface area contributed by atoms with Crippen LogP contribution in [0.15, 0.2) is 0 Å². The fourth-order valence-electron chi connectivity index (χ4n) is 1.75. The molecule has 15 heavy (non-hydrogen) atoms. The smallest absolute Gasteiger partial charge is 0.307 e. The van der Waals surface area contributed by atoms with Crippen LogP contribution in [0.4, 0.5) is 0 Å². The molecule has 1 aliphatic heterocycles. The van der Waals surface area contributed by atoms with E-state index < -0.39 is 0 Å². The summed E-state index contributed by atoms with van der Waals surface area (Å²) >= 11 is 0. The van der Waals surface area contributed by atoms with Gasteiger partial charge in [0.1, 0.15) is 0 Å². The summed E-state index contributed by atoms with van der Waals surface area (Å²) in [5, 5.41) is 3.37. The SMILES string of the molecule is CCOC(=O)CCN[C@@]1(C)CCO[C@@H]1C. The summed E-state index contributed by atoms with van der Waals surface area (Å²) in [5.74, 6) is -0.139. The molecule has 4 nitrogen and oxygen atoms in total. The minimum Gasteiger partial charge on any atom is -0.466 e. The molecule has 1 rings (SSSR count). The van der Waals surface area contributed by atoms with Crippen molar-refractivity contribution >= 4 is 5.97 Å². The second-order valence-corrected chi connectivity index (χ2v) is 4.16. The van der Waals surface area contributed by atoms with E-state index in [4.69, 9.17) is 9.47 Å². The Hall–Kier alpha value is -0.610. The highest BCUT2D eigenvalue weighted by Gasteiger charge is 2.36. The molecule has 0 radical (unpaired) electrons. The molecular weight excluding hydrogens is 194 g/mol. The third-order valence-electron chi connectivity index (χ3n) is 3.05. The van der Waals surface area contributed by atoms with Crippen molar-refractivity contribution in [2.24, 2.45) is 0 Å². The number of nitrogens with one attached hydrogen (secondary N) is 1. The molecule has 0 aromatic heterocycles. The minimum absolute atomic E-state index is 0.00644. The topological polar surface area (TPSA) is 47.6 Å². The van der Waals surface area contributed by atoms with Crippen LogP contribution in [0.25, 0.3) is 0 Å². The van der Waals surface area contributed by atoms with Gasteiger partial charge < -0.3 is 14.8 Å². The van der Waals surface area contributed by atoms with E-state index in [0.29, 0.717) is 19.6 Å².